The van der Waals surface area contributed by atoms with Gasteiger partial charge >= 0.3 is 4.87 Å². The van der Waals surface area contributed by atoms with Gasteiger partial charge in [-0.25, -0.2) is 0 Å². The third-order valence-corrected chi connectivity index (χ3v) is 4.21. The van der Waals surface area contributed by atoms with Gasteiger partial charge in [0.25, 0.3) is 0 Å². The van der Waals surface area contributed by atoms with Gasteiger partial charge in [0.1, 0.15) is 0 Å². The first kappa shape index (κ1) is 12.8. The fourth-order valence-corrected chi connectivity index (χ4v) is 2.95. The molecule has 0 spiro atoms. The number of ether oxygens (including phenoxy) is 1. The molecular formula is C12H20N2O2S. The first-order valence-electron chi connectivity index (χ1n) is 6.08. The molecule has 5 heteroatoms. The summed E-state index contributed by atoms with van der Waals surface area (Å²) in [6.45, 7) is 9.72. The maximum absolute atomic E-state index is 11.6. The van der Waals surface area contributed by atoms with Crippen molar-refractivity contribution >= 4 is 11.3 Å². The topological polar surface area (TPSA) is 34.5 Å². The summed E-state index contributed by atoms with van der Waals surface area (Å²) in [5, 5.41) is 1.92. The predicted octanol–water partition coefficient (Wildman–Crippen LogP) is 1.33. The first-order valence-corrected chi connectivity index (χ1v) is 6.96. The zero-order valence-electron chi connectivity index (χ0n) is 10.7. The van der Waals surface area contributed by atoms with Crippen LogP contribution >= 0.6 is 11.3 Å². The molecule has 96 valence electrons. The van der Waals surface area contributed by atoms with Crippen molar-refractivity contribution in [2.45, 2.75) is 39.5 Å². The molecule has 0 bridgehead atoms. The highest BCUT2D eigenvalue weighted by Crippen LogP contribution is 2.11. The monoisotopic (exact) mass is 256 g/mol. The lowest BCUT2D eigenvalue weighted by molar-refractivity contribution is -0.0502. The highest BCUT2D eigenvalue weighted by atomic mass is 32.1. The molecule has 17 heavy (non-hydrogen) atoms. The molecule has 1 aliphatic heterocycles. The Labute approximate surface area is 106 Å². The van der Waals surface area contributed by atoms with Crippen molar-refractivity contribution in [2.24, 2.45) is 0 Å². The normalized spacial score (nSPS) is 26.3. The molecular weight excluding hydrogens is 236 g/mol. The lowest BCUT2D eigenvalue weighted by Gasteiger charge is -2.36. The number of hydrogen-bond acceptors (Lipinski definition) is 4. The van der Waals surface area contributed by atoms with E-state index in [-0.39, 0.29) is 4.87 Å². The number of rotatable bonds is 3. The molecule has 0 unspecified atom stereocenters. The van der Waals surface area contributed by atoms with Crippen molar-refractivity contribution in [3.63, 3.8) is 0 Å². The largest absolute Gasteiger partial charge is 0.376 e. The van der Waals surface area contributed by atoms with Gasteiger partial charge in [0.2, 0.25) is 0 Å². The van der Waals surface area contributed by atoms with Gasteiger partial charge in [0.15, 0.2) is 0 Å². The van der Waals surface area contributed by atoms with E-state index in [4.69, 9.17) is 4.74 Å². The average Bonchev–Trinajstić information content (AvgIpc) is 2.61. The fraction of sp³-hybridized carbons (Fsp3) is 0.750. The Balaban J connectivity index is 1.95. The average molecular weight is 256 g/mol. The molecule has 1 aliphatic rings. The van der Waals surface area contributed by atoms with Crippen LogP contribution in [-0.4, -0.2) is 41.3 Å². The van der Waals surface area contributed by atoms with Gasteiger partial charge < -0.3 is 9.30 Å². The minimum absolute atomic E-state index is 0.150. The van der Waals surface area contributed by atoms with Crippen LogP contribution in [0.4, 0.5) is 0 Å². The summed E-state index contributed by atoms with van der Waals surface area (Å²) in [7, 11) is 0. The summed E-state index contributed by atoms with van der Waals surface area (Å²) >= 11 is 1.28. The summed E-state index contributed by atoms with van der Waals surface area (Å²) in [6, 6.07) is 0.445. The maximum Gasteiger partial charge on any atom is 0.307 e. The lowest BCUT2D eigenvalue weighted by atomic mass is 10.2. The minimum atomic E-state index is 0.150. The van der Waals surface area contributed by atoms with Crippen molar-refractivity contribution in [3.8, 4) is 0 Å². The van der Waals surface area contributed by atoms with E-state index < -0.39 is 0 Å². The van der Waals surface area contributed by atoms with Crippen molar-refractivity contribution in [1.82, 2.24) is 9.47 Å². The third kappa shape index (κ3) is 2.97. The molecule has 1 aromatic heterocycles. The van der Waals surface area contributed by atoms with E-state index in [9.17, 15) is 4.79 Å². The molecule has 2 heterocycles. The smallest absolute Gasteiger partial charge is 0.307 e. The second-order valence-electron chi connectivity index (χ2n) is 4.78. The number of aromatic nitrogens is 1. The van der Waals surface area contributed by atoms with Gasteiger partial charge in [0, 0.05) is 36.8 Å². The van der Waals surface area contributed by atoms with Crippen molar-refractivity contribution in [1.29, 1.82) is 0 Å². The van der Waals surface area contributed by atoms with Gasteiger partial charge in [-0.3, -0.25) is 9.69 Å². The summed E-state index contributed by atoms with van der Waals surface area (Å²) < 4.78 is 7.46. The molecule has 0 aliphatic carbocycles. The summed E-state index contributed by atoms with van der Waals surface area (Å²) in [6.07, 6.45) is 0.298. The van der Waals surface area contributed by atoms with E-state index >= 15 is 0 Å². The Morgan fingerprint density at radius 2 is 2.24 bits per heavy atom. The second kappa shape index (κ2) is 5.33. The van der Waals surface area contributed by atoms with Gasteiger partial charge in [0.05, 0.1) is 12.7 Å². The molecule has 0 radical (unpaired) electrons. The van der Waals surface area contributed by atoms with E-state index in [1.807, 2.05) is 16.9 Å². The molecule has 0 N–H and O–H groups in total. The van der Waals surface area contributed by atoms with E-state index in [1.54, 1.807) is 0 Å². The SMILES string of the molecule is Cc1csc(=O)n1CCN1C[C@H](C)OC[C@H]1C. The zero-order chi connectivity index (χ0) is 12.4. The van der Waals surface area contributed by atoms with E-state index in [1.165, 1.54) is 11.3 Å². The summed E-state index contributed by atoms with van der Waals surface area (Å²) in [4.78, 5) is 14.1. The van der Waals surface area contributed by atoms with E-state index in [2.05, 4.69) is 18.7 Å². The van der Waals surface area contributed by atoms with Crippen LogP contribution < -0.4 is 4.87 Å². The molecule has 0 amide bonds. The number of nitrogens with zero attached hydrogens (tertiary/aromatic N) is 2. The van der Waals surface area contributed by atoms with Crippen LogP contribution in [0.15, 0.2) is 10.2 Å². The van der Waals surface area contributed by atoms with Crippen LogP contribution in [0.25, 0.3) is 0 Å². The molecule has 1 saturated heterocycles. The Hall–Kier alpha value is -0.650. The molecule has 4 nitrogen and oxygen atoms in total. The fourth-order valence-electron chi connectivity index (χ4n) is 2.19. The number of morpholine rings is 1. The number of aryl methyl sites for hydroxylation is 1. The first-order chi connectivity index (χ1) is 8.08. The summed E-state index contributed by atoms with van der Waals surface area (Å²) in [5.41, 5.74) is 1.06. The minimum Gasteiger partial charge on any atom is -0.376 e. The molecule has 2 atom stereocenters. The maximum atomic E-state index is 11.6. The highest BCUT2D eigenvalue weighted by Gasteiger charge is 2.23. The predicted molar refractivity (Wildman–Crippen MR) is 69.8 cm³/mol. The van der Waals surface area contributed by atoms with Crippen LogP contribution in [0.5, 0.6) is 0 Å². The number of thiazole rings is 1. The quantitative estimate of drug-likeness (QED) is 0.818. The molecule has 2 rings (SSSR count). The number of hydrogen-bond donors (Lipinski definition) is 0. The second-order valence-corrected chi connectivity index (χ2v) is 5.60. The Kier molecular flexibility index (Phi) is 4.01. The standard InChI is InChI=1S/C12H20N2O2S/c1-9-7-16-11(3)6-13(9)4-5-14-10(2)8-17-12(14)15/h8-9,11H,4-7H2,1-3H3/t9-,11+/m1/s1. The van der Waals surface area contributed by atoms with E-state index in [0.29, 0.717) is 12.1 Å². The highest BCUT2D eigenvalue weighted by molar-refractivity contribution is 7.07. The van der Waals surface area contributed by atoms with Crippen LogP contribution in [0.2, 0.25) is 0 Å². The zero-order valence-corrected chi connectivity index (χ0v) is 11.5. The molecule has 1 fully saturated rings. The van der Waals surface area contributed by atoms with E-state index in [0.717, 1.165) is 31.9 Å². The third-order valence-electron chi connectivity index (χ3n) is 3.32. The molecule has 1 aromatic rings. The Bertz CT molecular complexity index is 426. The Morgan fingerprint density at radius 3 is 2.88 bits per heavy atom. The Morgan fingerprint density at radius 1 is 1.47 bits per heavy atom. The van der Waals surface area contributed by atoms with Crippen molar-refractivity contribution in [2.75, 3.05) is 19.7 Å². The van der Waals surface area contributed by atoms with Crippen LogP contribution in [-0.2, 0) is 11.3 Å². The lowest BCUT2D eigenvalue weighted by Crippen LogP contribution is -2.48. The van der Waals surface area contributed by atoms with Crippen LogP contribution in [0.1, 0.15) is 19.5 Å². The van der Waals surface area contributed by atoms with Gasteiger partial charge in [-0.15, -0.1) is 0 Å². The molecule has 0 aromatic carbocycles. The van der Waals surface area contributed by atoms with Crippen LogP contribution in [0.3, 0.4) is 0 Å². The summed E-state index contributed by atoms with van der Waals surface area (Å²) in [5.74, 6) is 0. The van der Waals surface area contributed by atoms with Gasteiger partial charge in [-0.1, -0.05) is 11.3 Å². The van der Waals surface area contributed by atoms with Gasteiger partial charge in [-0.05, 0) is 20.8 Å². The van der Waals surface area contributed by atoms with Crippen molar-refractivity contribution in [3.05, 3.63) is 20.7 Å². The van der Waals surface area contributed by atoms with Crippen LogP contribution in [0, 0.1) is 6.92 Å². The molecule has 0 saturated carbocycles. The van der Waals surface area contributed by atoms with Gasteiger partial charge in [-0.2, -0.15) is 0 Å². The van der Waals surface area contributed by atoms with Crippen molar-refractivity contribution < 1.29 is 4.74 Å².